The van der Waals surface area contributed by atoms with Crippen LogP contribution in [0.25, 0.3) is 0 Å². The van der Waals surface area contributed by atoms with E-state index in [0.717, 1.165) is 18.4 Å². The van der Waals surface area contributed by atoms with Gasteiger partial charge in [0.15, 0.2) is 0 Å². The monoisotopic (exact) mass is 245 g/mol. The van der Waals surface area contributed by atoms with E-state index in [-0.39, 0.29) is 24.4 Å². The Kier molecular flexibility index (Phi) is 2.74. The standard InChI is InChI=1S/C13H15N3O2/c17-11-7-15-13(18)12(10-3-4-10)16(11)8-9-2-1-5-14-6-9/h1-2,5-6,10,12H,3-4,7-8H2,(H,15,18). The van der Waals surface area contributed by atoms with Gasteiger partial charge in [-0.25, -0.2) is 0 Å². The molecule has 94 valence electrons. The van der Waals surface area contributed by atoms with Crippen molar-refractivity contribution in [2.45, 2.75) is 25.4 Å². The lowest BCUT2D eigenvalue weighted by Crippen LogP contribution is -2.58. The Labute approximate surface area is 105 Å². The molecule has 2 heterocycles. The maximum absolute atomic E-state index is 12.0. The van der Waals surface area contributed by atoms with E-state index in [9.17, 15) is 9.59 Å². The summed E-state index contributed by atoms with van der Waals surface area (Å²) in [5, 5.41) is 2.67. The SMILES string of the molecule is O=C1NCC(=O)N(Cc2cccnc2)C1C1CC1. The predicted octanol–water partition coefficient (Wildman–Crippen LogP) is 0.319. The van der Waals surface area contributed by atoms with E-state index < -0.39 is 0 Å². The molecule has 3 rings (SSSR count). The molecule has 2 aliphatic rings. The van der Waals surface area contributed by atoms with Crippen molar-refractivity contribution in [3.63, 3.8) is 0 Å². The number of hydrogen-bond donors (Lipinski definition) is 1. The summed E-state index contributed by atoms with van der Waals surface area (Å²) in [4.78, 5) is 29.6. The molecule has 0 radical (unpaired) electrons. The van der Waals surface area contributed by atoms with Gasteiger partial charge in [-0.05, 0) is 30.4 Å². The number of nitrogens with one attached hydrogen (secondary N) is 1. The Hall–Kier alpha value is -1.91. The van der Waals surface area contributed by atoms with Crippen molar-refractivity contribution in [1.29, 1.82) is 0 Å². The fourth-order valence-electron chi connectivity index (χ4n) is 2.42. The van der Waals surface area contributed by atoms with Crippen LogP contribution in [-0.2, 0) is 16.1 Å². The molecule has 2 amide bonds. The van der Waals surface area contributed by atoms with Crippen LogP contribution in [0.4, 0.5) is 0 Å². The first kappa shape index (κ1) is 11.2. The molecular weight excluding hydrogens is 230 g/mol. The minimum atomic E-state index is -0.286. The summed E-state index contributed by atoms with van der Waals surface area (Å²) in [6.07, 6.45) is 5.51. The molecule has 1 aromatic heterocycles. The second kappa shape index (κ2) is 4.40. The van der Waals surface area contributed by atoms with E-state index in [2.05, 4.69) is 10.3 Å². The molecule has 1 N–H and O–H groups in total. The van der Waals surface area contributed by atoms with E-state index >= 15 is 0 Å². The molecule has 2 fully saturated rings. The lowest BCUT2D eigenvalue weighted by Gasteiger charge is -2.35. The number of rotatable bonds is 3. The number of hydrogen-bond acceptors (Lipinski definition) is 3. The molecule has 0 bridgehead atoms. The van der Waals surface area contributed by atoms with Crippen molar-refractivity contribution in [2.24, 2.45) is 5.92 Å². The van der Waals surface area contributed by atoms with Gasteiger partial charge in [0.05, 0.1) is 6.54 Å². The Balaban J connectivity index is 1.82. The van der Waals surface area contributed by atoms with Gasteiger partial charge in [0.25, 0.3) is 0 Å². The van der Waals surface area contributed by atoms with E-state index in [1.54, 1.807) is 17.3 Å². The van der Waals surface area contributed by atoms with Gasteiger partial charge in [-0.1, -0.05) is 6.07 Å². The van der Waals surface area contributed by atoms with Gasteiger partial charge in [-0.2, -0.15) is 0 Å². The summed E-state index contributed by atoms with van der Waals surface area (Å²) in [5.41, 5.74) is 0.964. The number of piperazine rings is 1. The second-order valence-corrected chi connectivity index (χ2v) is 4.88. The Morgan fingerprint density at radius 2 is 2.22 bits per heavy atom. The molecule has 1 saturated carbocycles. The van der Waals surface area contributed by atoms with Crippen LogP contribution in [0.15, 0.2) is 24.5 Å². The zero-order valence-corrected chi connectivity index (χ0v) is 10.0. The fraction of sp³-hybridized carbons (Fsp3) is 0.462. The molecule has 1 saturated heterocycles. The smallest absolute Gasteiger partial charge is 0.243 e. The second-order valence-electron chi connectivity index (χ2n) is 4.88. The normalized spacial score (nSPS) is 24.0. The minimum absolute atomic E-state index is 0.00430. The average molecular weight is 245 g/mol. The molecule has 5 nitrogen and oxygen atoms in total. The molecular formula is C13H15N3O2. The van der Waals surface area contributed by atoms with E-state index in [1.165, 1.54) is 0 Å². The summed E-state index contributed by atoms with van der Waals surface area (Å²) < 4.78 is 0. The van der Waals surface area contributed by atoms with Crippen LogP contribution in [0.5, 0.6) is 0 Å². The third-order valence-corrected chi connectivity index (χ3v) is 3.48. The van der Waals surface area contributed by atoms with Gasteiger partial charge in [0.2, 0.25) is 11.8 Å². The van der Waals surface area contributed by atoms with Crippen molar-refractivity contribution in [2.75, 3.05) is 6.54 Å². The lowest BCUT2D eigenvalue weighted by atomic mass is 10.1. The van der Waals surface area contributed by atoms with Crippen LogP contribution in [-0.4, -0.2) is 34.3 Å². The van der Waals surface area contributed by atoms with E-state index in [0.29, 0.717) is 12.5 Å². The maximum Gasteiger partial charge on any atom is 0.243 e. The first-order valence-corrected chi connectivity index (χ1v) is 6.22. The molecule has 1 atom stereocenters. The van der Waals surface area contributed by atoms with Crippen LogP contribution >= 0.6 is 0 Å². The molecule has 1 unspecified atom stereocenters. The van der Waals surface area contributed by atoms with Gasteiger partial charge in [0, 0.05) is 18.9 Å². The molecule has 1 aliphatic heterocycles. The van der Waals surface area contributed by atoms with Crippen molar-refractivity contribution in [1.82, 2.24) is 15.2 Å². The van der Waals surface area contributed by atoms with E-state index in [1.807, 2.05) is 12.1 Å². The first-order chi connectivity index (χ1) is 8.75. The van der Waals surface area contributed by atoms with Crippen molar-refractivity contribution >= 4 is 11.8 Å². The first-order valence-electron chi connectivity index (χ1n) is 6.22. The number of carbonyl (C=O) groups is 2. The molecule has 18 heavy (non-hydrogen) atoms. The highest BCUT2D eigenvalue weighted by Gasteiger charge is 2.44. The third-order valence-electron chi connectivity index (χ3n) is 3.48. The van der Waals surface area contributed by atoms with Crippen LogP contribution in [0.2, 0.25) is 0 Å². The van der Waals surface area contributed by atoms with Crippen molar-refractivity contribution in [3.05, 3.63) is 30.1 Å². The lowest BCUT2D eigenvalue weighted by molar-refractivity contribution is -0.147. The molecule has 0 spiro atoms. The van der Waals surface area contributed by atoms with Gasteiger partial charge < -0.3 is 10.2 Å². The fourth-order valence-corrected chi connectivity index (χ4v) is 2.42. The van der Waals surface area contributed by atoms with E-state index in [4.69, 9.17) is 0 Å². The minimum Gasteiger partial charge on any atom is -0.345 e. The topological polar surface area (TPSA) is 62.3 Å². The number of pyridine rings is 1. The van der Waals surface area contributed by atoms with Crippen molar-refractivity contribution in [3.8, 4) is 0 Å². The van der Waals surface area contributed by atoms with Gasteiger partial charge >= 0.3 is 0 Å². The highest BCUT2D eigenvalue weighted by Crippen LogP contribution is 2.36. The highest BCUT2D eigenvalue weighted by molar-refractivity contribution is 5.95. The van der Waals surface area contributed by atoms with Crippen LogP contribution in [0.1, 0.15) is 18.4 Å². The summed E-state index contributed by atoms with van der Waals surface area (Å²) in [6, 6.07) is 3.48. The average Bonchev–Trinajstić information content (AvgIpc) is 3.20. The van der Waals surface area contributed by atoms with Crippen LogP contribution in [0, 0.1) is 5.92 Å². The zero-order chi connectivity index (χ0) is 12.5. The van der Waals surface area contributed by atoms with Gasteiger partial charge in [-0.15, -0.1) is 0 Å². The largest absolute Gasteiger partial charge is 0.345 e. The summed E-state index contributed by atoms with van der Waals surface area (Å²) >= 11 is 0. The van der Waals surface area contributed by atoms with Gasteiger partial charge in [0.1, 0.15) is 6.04 Å². The van der Waals surface area contributed by atoms with Crippen molar-refractivity contribution < 1.29 is 9.59 Å². The summed E-state index contributed by atoms with van der Waals surface area (Å²) in [6.45, 7) is 0.587. The number of amides is 2. The Morgan fingerprint density at radius 1 is 1.39 bits per heavy atom. The zero-order valence-electron chi connectivity index (χ0n) is 10.0. The Morgan fingerprint density at radius 3 is 2.89 bits per heavy atom. The number of aromatic nitrogens is 1. The third kappa shape index (κ3) is 2.08. The predicted molar refractivity (Wildman–Crippen MR) is 64.3 cm³/mol. The quantitative estimate of drug-likeness (QED) is 0.834. The van der Waals surface area contributed by atoms with Gasteiger partial charge in [-0.3, -0.25) is 14.6 Å². The van der Waals surface area contributed by atoms with Crippen LogP contribution < -0.4 is 5.32 Å². The molecule has 5 heteroatoms. The Bertz CT molecular complexity index is 470. The van der Waals surface area contributed by atoms with Crippen LogP contribution in [0.3, 0.4) is 0 Å². The highest BCUT2D eigenvalue weighted by atomic mass is 16.2. The maximum atomic E-state index is 12.0. The number of carbonyl (C=O) groups excluding carboxylic acids is 2. The number of nitrogens with zero attached hydrogens (tertiary/aromatic N) is 2. The summed E-state index contributed by atoms with van der Waals surface area (Å²) in [7, 11) is 0. The molecule has 0 aromatic carbocycles. The summed E-state index contributed by atoms with van der Waals surface area (Å²) in [5.74, 6) is 0.322. The molecule has 1 aliphatic carbocycles. The molecule has 1 aromatic rings.